The minimum absolute atomic E-state index is 0.458. The van der Waals surface area contributed by atoms with Gasteiger partial charge in [0.2, 0.25) is 0 Å². The van der Waals surface area contributed by atoms with Gasteiger partial charge in [-0.05, 0) is 31.0 Å². The maximum absolute atomic E-state index is 5.23. The van der Waals surface area contributed by atoms with Crippen LogP contribution in [0.1, 0.15) is 12.8 Å². The van der Waals surface area contributed by atoms with Gasteiger partial charge in [0.05, 0.1) is 6.10 Å². The number of methoxy groups -OCH3 is 1. The molecule has 1 fully saturated rings. The molecule has 0 amide bonds. The van der Waals surface area contributed by atoms with Crippen LogP contribution in [-0.2, 0) is 4.74 Å². The van der Waals surface area contributed by atoms with Crippen LogP contribution >= 0.6 is 15.9 Å². The molecule has 1 aromatic rings. The van der Waals surface area contributed by atoms with E-state index in [1.165, 1.54) is 5.69 Å². The average Bonchev–Trinajstić information content (AvgIpc) is 2.10. The third-order valence-corrected chi connectivity index (χ3v) is 3.12. The molecular weight excluding hydrogens is 242 g/mol. The van der Waals surface area contributed by atoms with Gasteiger partial charge in [-0.2, -0.15) is 0 Å². The van der Waals surface area contributed by atoms with Crippen molar-refractivity contribution in [3.05, 3.63) is 28.7 Å². The fourth-order valence-electron chi connectivity index (χ4n) is 1.69. The van der Waals surface area contributed by atoms with E-state index in [1.54, 1.807) is 7.11 Å². The highest BCUT2D eigenvalue weighted by Gasteiger charge is 2.28. The van der Waals surface area contributed by atoms with Crippen LogP contribution in [0.4, 0.5) is 5.69 Å². The standard InChI is InChI=1S/C11H14BrNO/c1-14-11-6-10(7-11)13-9-4-2-3-8(12)5-9/h2-5,10-11,13H,6-7H2,1H3. The van der Waals surface area contributed by atoms with Crippen molar-refractivity contribution in [1.82, 2.24) is 0 Å². The van der Waals surface area contributed by atoms with Crippen molar-refractivity contribution >= 4 is 21.6 Å². The average molecular weight is 256 g/mol. The molecule has 14 heavy (non-hydrogen) atoms. The van der Waals surface area contributed by atoms with Gasteiger partial charge in [-0.15, -0.1) is 0 Å². The van der Waals surface area contributed by atoms with Gasteiger partial charge in [0.1, 0.15) is 0 Å². The summed E-state index contributed by atoms with van der Waals surface area (Å²) < 4.78 is 6.34. The molecule has 0 radical (unpaired) electrons. The monoisotopic (exact) mass is 255 g/mol. The highest BCUT2D eigenvalue weighted by atomic mass is 79.9. The van der Waals surface area contributed by atoms with E-state index in [4.69, 9.17) is 4.74 Å². The number of nitrogens with one attached hydrogen (secondary N) is 1. The smallest absolute Gasteiger partial charge is 0.0610 e. The van der Waals surface area contributed by atoms with Crippen molar-refractivity contribution in [2.24, 2.45) is 0 Å². The van der Waals surface area contributed by atoms with E-state index in [0.29, 0.717) is 12.1 Å². The summed E-state index contributed by atoms with van der Waals surface area (Å²) in [6.45, 7) is 0. The lowest BCUT2D eigenvalue weighted by Crippen LogP contribution is -2.40. The molecule has 76 valence electrons. The molecule has 1 N–H and O–H groups in total. The van der Waals surface area contributed by atoms with E-state index in [9.17, 15) is 0 Å². The van der Waals surface area contributed by atoms with Crippen molar-refractivity contribution in [2.45, 2.75) is 25.0 Å². The van der Waals surface area contributed by atoms with Gasteiger partial charge < -0.3 is 10.1 Å². The lowest BCUT2D eigenvalue weighted by Gasteiger charge is -2.35. The Hall–Kier alpha value is -0.540. The quantitative estimate of drug-likeness (QED) is 0.897. The van der Waals surface area contributed by atoms with Crippen LogP contribution in [0, 0.1) is 0 Å². The third kappa shape index (κ3) is 2.28. The van der Waals surface area contributed by atoms with Gasteiger partial charge in [-0.25, -0.2) is 0 Å². The molecule has 1 aromatic carbocycles. The van der Waals surface area contributed by atoms with Gasteiger partial charge in [0, 0.05) is 23.3 Å². The molecule has 0 heterocycles. The molecule has 0 bridgehead atoms. The van der Waals surface area contributed by atoms with Gasteiger partial charge >= 0.3 is 0 Å². The first kappa shape index (κ1) is 9.99. The van der Waals surface area contributed by atoms with Crippen LogP contribution < -0.4 is 5.32 Å². The Balaban J connectivity index is 1.87. The minimum Gasteiger partial charge on any atom is -0.382 e. The molecule has 0 saturated heterocycles. The van der Waals surface area contributed by atoms with Crippen molar-refractivity contribution in [1.29, 1.82) is 0 Å². The Morgan fingerprint density at radius 2 is 2.21 bits per heavy atom. The van der Waals surface area contributed by atoms with Crippen LogP contribution in [-0.4, -0.2) is 19.3 Å². The molecule has 0 atom stereocenters. The highest BCUT2D eigenvalue weighted by Crippen LogP contribution is 2.27. The van der Waals surface area contributed by atoms with E-state index in [0.717, 1.165) is 17.3 Å². The first-order valence-corrected chi connectivity index (χ1v) is 5.62. The maximum Gasteiger partial charge on any atom is 0.0610 e. The third-order valence-electron chi connectivity index (χ3n) is 2.62. The van der Waals surface area contributed by atoms with Gasteiger partial charge in [0.25, 0.3) is 0 Å². The van der Waals surface area contributed by atoms with Crippen LogP contribution in [0.5, 0.6) is 0 Å². The Morgan fingerprint density at radius 1 is 1.43 bits per heavy atom. The molecule has 2 nitrogen and oxygen atoms in total. The van der Waals surface area contributed by atoms with Gasteiger partial charge in [-0.3, -0.25) is 0 Å². The van der Waals surface area contributed by atoms with Gasteiger partial charge in [-0.1, -0.05) is 22.0 Å². The summed E-state index contributed by atoms with van der Waals surface area (Å²) in [5.74, 6) is 0. The number of rotatable bonds is 3. The summed E-state index contributed by atoms with van der Waals surface area (Å²) in [5.41, 5.74) is 1.18. The molecule has 0 spiro atoms. The second-order valence-corrected chi connectivity index (χ2v) is 4.60. The molecule has 2 rings (SSSR count). The fraction of sp³-hybridized carbons (Fsp3) is 0.455. The maximum atomic E-state index is 5.23. The van der Waals surface area contributed by atoms with Crippen LogP contribution in [0.15, 0.2) is 28.7 Å². The summed E-state index contributed by atoms with van der Waals surface area (Å²) in [6.07, 6.45) is 2.69. The molecular formula is C11H14BrNO. The number of anilines is 1. The predicted octanol–water partition coefficient (Wildman–Crippen LogP) is 3.04. The van der Waals surface area contributed by atoms with Crippen LogP contribution in [0.3, 0.4) is 0 Å². The van der Waals surface area contributed by atoms with Crippen molar-refractivity contribution < 1.29 is 4.74 Å². The summed E-state index contributed by atoms with van der Waals surface area (Å²) in [4.78, 5) is 0. The predicted molar refractivity (Wildman–Crippen MR) is 61.6 cm³/mol. The Labute approximate surface area is 92.8 Å². The first-order chi connectivity index (χ1) is 6.78. The van der Waals surface area contributed by atoms with E-state index < -0.39 is 0 Å². The Bertz CT molecular complexity index is 310. The summed E-state index contributed by atoms with van der Waals surface area (Å²) in [7, 11) is 1.78. The Kier molecular flexibility index (Phi) is 3.08. The van der Waals surface area contributed by atoms with E-state index in [1.807, 2.05) is 12.1 Å². The summed E-state index contributed by atoms with van der Waals surface area (Å²) in [5, 5.41) is 3.47. The molecule has 0 aromatic heterocycles. The van der Waals surface area contributed by atoms with Crippen LogP contribution in [0.25, 0.3) is 0 Å². The molecule has 1 saturated carbocycles. The van der Waals surface area contributed by atoms with Crippen molar-refractivity contribution in [2.75, 3.05) is 12.4 Å². The zero-order valence-corrected chi connectivity index (χ0v) is 9.75. The summed E-state index contributed by atoms with van der Waals surface area (Å²) in [6, 6.07) is 8.84. The number of hydrogen-bond donors (Lipinski definition) is 1. The van der Waals surface area contributed by atoms with Crippen molar-refractivity contribution in [3.63, 3.8) is 0 Å². The minimum atomic E-state index is 0.458. The zero-order valence-electron chi connectivity index (χ0n) is 8.16. The Morgan fingerprint density at radius 3 is 2.86 bits per heavy atom. The number of hydrogen-bond acceptors (Lipinski definition) is 2. The molecule has 1 aliphatic rings. The number of benzene rings is 1. The molecule has 0 aliphatic heterocycles. The molecule has 0 unspecified atom stereocenters. The van der Waals surface area contributed by atoms with E-state index in [-0.39, 0.29) is 0 Å². The highest BCUT2D eigenvalue weighted by molar-refractivity contribution is 9.10. The van der Waals surface area contributed by atoms with E-state index in [2.05, 4.69) is 33.4 Å². The second-order valence-electron chi connectivity index (χ2n) is 3.68. The zero-order chi connectivity index (χ0) is 9.97. The number of halogens is 1. The number of ether oxygens (including phenoxy) is 1. The lowest BCUT2D eigenvalue weighted by atomic mass is 9.89. The molecule has 1 aliphatic carbocycles. The lowest BCUT2D eigenvalue weighted by molar-refractivity contribution is 0.0329. The van der Waals surface area contributed by atoms with Gasteiger partial charge in [0.15, 0.2) is 0 Å². The molecule has 3 heteroatoms. The SMILES string of the molecule is COC1CC(Nc2cccc(Br)c2)C1. The van der Waals surface area contributed by atoms with Crippen molar-refractivity contribution in [3.8, 4) is 0 Å². The topological polar surface area (TPSA) is 21.3 Å². The largest absolute Gasteiger partial charge is 0.382 e. The van der Waals surface area contributed by atoms with E-state index >= 15 is 0 Å². The first-order valence-electron chi connectivity index (χ1n) is 4.83. The fourth-order valence-corrected chi connectivity index (χ4v) is 2.09. The summed E-state index contributed by atoms with van der Waals surface area (Å²) >= 11 is 3.45. The normalized spacial score (nSPS) is 25.6. The second kappa shape index (κ2) is 4.32. The van der Waals surface area contributed by atoms with Crippen LogP contribution in [0.2, 0.25) is 0 Å².